The van der Waals surface area contributed by atoms with E-state index in [9.17, 15) is 0 Å². The van der Waals surface area contributed by atoms with Crippen LogP contribution in [0, 0.1) is 0 Å². The van der Waals surface area contributed by atoms with Crippen LogP contribution in [0.2, 0.25) is 0 Å². The summed E-state index contributed by atoms with van der Waals surface area (Å²) >= 11 is 0. The molecule has 0 fully saturated rings. The molecule has 0 aliphatic heterocycles. The number of hydrogen-bond donors (Lipinski definition) is 1. The summed E-state index contributed by atoms with van der Waals surface area (Å²) in [5.41, 5.74) is 0. The molecule has 3 nitrogen and oxygen atoms in total. The van der Waals surface area contributed by atoms with Gasteiger partial charge in [-0.15, -0.1) is 0 Å². The van der Waals surface area contributed by atoms with Crippen LogP contribution in [0.1, 0.15) is 0 Å². The summed E-state index contributed by atoms with van der Waals surface area (Å²) in [7, 11) is 3.11. The molecule has 0 aliphatic rings. The van der Waals surface area contributed by atoms with E-state index in [1.807, 2.05) is 0 Å². The maximum Gasteiger partial charge on any atom is 0.257 e. The number of hydrogen-bond acceptors (Lipinski definition) is 3. The van der Waals surface area contributed by atoms with Crippen molar-refractivity contribution in [2.45, 2.75) is 6.10 Å². The largest absolute Gasteiger partial charge is 0.437 e. The van der Waals surface area contributed by atoms with Crippen LogP contribution in [0.15, 0.2) is 0 Å². The molecule has 0 rings (SSSR count). The van der Waals surface area contributed by atoms with Crippen molar-refractivity contribution in [3.05, 3.63) is 0 Å². The van der Waals surface area contributed by atoms with Gasteiger partial charge in [-0.25, -0.2) is 0 Å². The lowest BCUT2D eigenvalue weighted by Gasteiger charge is -2.09. The van der Waals surface area contributed by atoms with Crippen LogP contribution < -0.4 is 0 Å². The summed E-state index contributed by atoms with van der Waals surface area (Å²) in [4.78, 5) is 0. The Morgan fingerprint density at radius 2 is 2.38 bits per heavy atom. The van der Waals surface area contributed by atoms with Crippen LogP contribution in [0.3, 0.4) is 0 Å². The lowest BCUT2D eigenvalue weighted by Crippen LogP contribution is -2.21. The van der Waals surface area contributed by atoms with E-state index in [1.54, 1.807) is 15.2 Å². The van der Waals surface area contributed by atoms with Crippen LogP contribution >= 0.6 is 0 Å². The maximum absolute atomic E-state index is 8.45. The van der Waals surface area contributed by atoms with E-state index in [0.29, 0.717) is 6.61 Å². The summed E-state index contributed by atoms with van der Waals surface area (Å²) in [6.45, 7) is 0.470. The highest BCUT2D eigenvalue weighted by atomic mass is 16.5. The second-order valence-electron chi connectivity index (χ2n) is 1.50. The molecule has 0 aromatic heterocycles. The second kappa shape index (κ2) is 5.09. The highest BCUT2D eigenvalue weighted by molar-refractivity contribution is 5.98. The smallest absolute Gasteiger partial charge is 0.257 e. The number of rotatable bonds is 4. The van der Waals surface area contributed by atoms with E-state index in [1.165, 1.54) is 0 Å². The Bertz CT molecular complexity index is 46.5. The molecule has 8 heavy (non-hydrogen) atoms. The zero-order valence-corrected chi connectivity index (χ0v) is 5.26. The molecule has 0 aromatic carbocycles. The zero-order valence-electron chi connectivity index (χ0n) is 5.26. The van der Waals surface area contributed by atoms with Crippen LogP contribution in [-0.2, 0) is 9.39 Å². The van der Waals surface area contributed by atoms with Gasteiger partial charge >= 0.3 is 0 Å². The minimum Gasteiger partial charge on any atom is -0.437 e. The number of aliphatic hydroxyl groups excluding tert-OH is 1. The third kappa shape index (κ3) is 3.01. The van der Waals surface area contributed by atoms with Crippen molar-refractivity contribution in [1.29, 1.82) is 0 Å². The minimum atomic E-state index is -0.167. The SMILES string of the molecule is BOC(CO)COC. The Balaban J connectivity index is 3.07. The first kappa shape index (κ1) is 7.94. The monoisotopic (exact) mass is 118 g/mol. The molecule has 0 amide bonds. The molecule has 0 saturated carbocycles. The Morgan fingerprint density at radius 3 is 2.50 bits per heavy atom. The molecule has 1 unspecified atom stereocenters. The molecule has 4 heteroatoms. The first-order valence-corrected chi connectivity index (χ1v) is 2.47. The first-order chi connectivity index (χ1) is 3.85. The van der Waals surface area contributed by atoms with Crippen LogP contribution in [0.5, 0.6) is 0 Å². The number of aliphatic hydroxyl groups is 1. The first-order valence-electron chi connectivity index (χ1n) is 2.47. The Labute approximate surface area is 50.0 Å². The van der Waals surface area contributed by atoms with E-state index in [-0.39, 0.29) is 12.7 Å². The predicted octanol–water partition coefficient (Wildman–Crippen LogP) is -1.44. The molecule has 0 spiro atoms. The standard InChI is InChI=1S/C4H11BO3/c1-7-3-4(2-6)8-5/h4,6H,2-3,5H2,1H3. The Hall–Kier alpha value is -0.0551. The molecule has 0 heterocycles. The molecular weight excluding hydrogens is 107 g/mol. The molecule has 0 radical (unpaired) electrons. The van der Waals surface area contributed by atoms with Gasteiger partial charge in [0.15, 0.2) is 0 Å². The molecule has 48 valence electrons. The van der Waals surface area contributed by atoms with Crippen LogP contribution in [0.4, 0.5) is 0 Å². The summed E-state index contributed by atoms with van der Waals surface area (Å²) in [6, 6.07) is 0. The van der Waals surface area contributed by atoms with Crippen molar-refractivity contribution in [3.63, 3.8) is 0 Å². The van der Waals surface area contributed by atoms with Crippen molar-refractivity contribution < 1.29 is 14.5 Å². The Kier molecular flexibility index (Phi) is 5.05. The molecule has 0 aromatic rings. The average Bonchev–Trinajstić information content (AvgIpc) is 1.83. The number of methoxy groups -OCH3 is 1. The van der Waals surface area contributed by atoms with Crippen LogP contribution in [-0.4, -0.2) is 39.6 Å². The van der Waals surface area contributed by atoms with Gasteiger partial charge in [-0.1, -0.05) is 0 Å². The maximum atomic E-state index is 8.45. The summed E-state index contributed by atoms with van der Waals surface area (Å²) in [5, 5.41) is 8.45. The van der Waals surface area contributed by atoms with Gasteiger partial charge in [0, 0.05) is 7.11 Å². The fourth-order valence-electron chi connectivity index (χ4n) is 0.381. The molecule has 1 N–H and O–H groups in total. The van der Waals surface area contributed by atoms with Gasteiger partial charge in [0.2, 0.25) is 0 Å². The molecule has 0 aliphatic carbocycles. The Morgan fingerprint density at radius 1 is 1.75 bits per heavy atom. The summed E-state index contributed by atoms with van der Waals surface area (Å²) in [6.07, 6.45) is -0.167. The van der Waals surface area contributed by atoms with Gasteiger partial charge in [0.1, 0.15) is 0 Å². The molecule has 1 atom stereocenters. The minimum absolute atomic E-state index is 0.0182. The molecular formula is C4H11BO3. The zero-order chi connectivity index (χ0) is 6.41. The average molecular weight is 118 g/mol. The third-order valence-corrected chi connectivity index (χ3v) is 0.890. The van der Waals surface area contributed by atoms with Gasteiger partial charge in [-0.3, -0.25) is 0 Å². The van der Waals surface area contributed by atoms with E-state index in [0.717, 1.165) is 0 Å². The topological polar surface area (TPSA) is 38.7 Å². The van der Waals surface area contributed by atoms with E-state index in [2.05, 4.69) is 0 Å². The third-order valence-electron chi connectivity index (χ3n) is 0.890. The van der Waals surface area contributed by atoms with E-state index < -0.39 is 0 Å². The second-order valence-corrected chi connectivity index (χ2v) is 1.50. The summed E-state index contributed by atoms with van der Waals surface area (Å²) in [5.74, 6) is 0. The fourth-order valence-corrected chi connectivity index (χ4v) is 0.381. The van der Waals surface area contributed by atoms with Gasteiger partial charge in [0.25, 0.3) is 8.05 Å². The van der Waals surface area contributed by atoms with Crippen LogP contribution in [0.25, 0.3) is 0 Å². The van der Waals surface area contributed by atoms with Crippen molar-refractivity contribution in [3.8, 4) is 0 Å². The lowest BCUT2D eigenvalue weighted by atomic mass is 10.4. The van der Waals surface area contributed by atoms with E-state index >= 15 is 0 Å². The van der Waals surface area contributed by atoms with Crippen molar-refractivity contribution in [1.82, 2.24) is 0 Å². The lowest BCUT2D eigenvalue weighted by molar-refractivity contribution is 0.0466. The quantitative estimate of drug-likeness (QED) is 0.459. The molecule has 0 bridgehead atoms. The fraction of sp³-hybridized carbons (Fsp3) is 1.00. The predicted molar refractivity (Wildman–Crippen MR) is 32.4 cm³/mol. The van der Waals surface area contributed by atoms with Gasteiger partial charge in [-0.2, -0.15) is 0 Å². The van der Waals surface area contributed by atoms with Gasteiger partial charge in [0.05, 0.1) is 19.3 Å². The summed E-state index contributed by atoms with van der Waals surface area (Å²) < 4.78 is 9.47. The van der Waals surface area contributed by atoms with Crippen molar-refractivity contribution in [2.24, 2.45) is 0 Å². The van der Waals surface area contributed by atoms with Crippen molar-refractivity contribution >= 4 is 8.05 Å². The van der Waals surface area contributed by atoms with Crippen molar-refractivity contribution in [2.75, 3.05) is 20.3 Å². The van der Waals surface area contributed by atoms with E-state index in [4.69, 9.17) is 14.5 Å². The van der Waals surface area contributed by atoms with Gasteiger partial charge < -0.3 is 14.5 Å². The normalized spacial score (nSPS) is 13.8. The highest BCUT2D eigenvalue weighted by Gasteiger charge is 2.00. The van der Waals surface area contributed by atoms with Gasteiger partial charge in [-0.05, 0) is 0 Å². The molecule has 0 saturated heterocycles. The highest BCUT2D eigenvalue weighted by Crippen LogP contribution is 1.85. The number of ether oxygens (including phenoxy) is 1.